The van der Waals surface area contributed by atoms with Gasteiger partial charge in [-0.1, -0.05) is 18.5 Å². The normalized spacial score (nSPS) is 15.9. The van der Waals surface area contributed by atoms with E-state index in [1.54, 1.807) is 0 Å². The number of rotatable bonds is 5. The average molecular weight is 462 g/mol. The van der Waals surface area contributed by atoms with E-state index in [-0.39, 0.29) is 15.5 Å². The summed E-state index contributed by atoms with van der Waals surface area (Å²) in [6.45, 7) is 4.60. The average Bonchev–Trinajstić information content (AvgIpc) is 2.74. The van der Waals surface area contributed by atoms with Gasteiger partial charge in [0.05, 0.1) is 21.2 Å². The summed E-state index contributed by atoms with van der Waals surface area (Å²) in [5.41, 5.74) is -0.840. The van der Waals surface area contributed by atoms with Crippen molar-refractivity contribution in [2.75, 3.05) is 38.0 Å². The molecule has 162 valence electrons. The van der Waals surface area contributed by atoms with Crippen molar-refractivity contribution < 1.29 is 26.4 Å². The highest BCUT2D eigenvalue weighted by Crippen LogP contribution is 2.26. The Morgan fingerprint density at radius 2 is 1.73 bits per heavy atom. The molecule has 0 unspecified atom stereocenters. The molecule has 3 rings (SSSR count). The van der Waals surface area contributed by atoms with Gasteiger partial charge in [-0.2, -0.15) is 4.31 Å². The maximum absolute atomic E-state index is 13.8. The number of likely N-dealkylation sites (N-methyl/N-ethyl adjacent to an activating group) is 1. The van der Waals surface area contributed by atoms with Gasteiger partial charge in [0.25, 0.3) is 5.91 Å². The SMILES string of the molecule is CCN1CCN(S(=O)(=O)c2ccc(Cl)c(C(=O)Nc3ccc(F)c(F)c3F)c2)CC1. The number of piperazine rings is 1. The van der Waals surface area contributed by atoms with Crippen LogP contribution in [0.25, 0.3) is 0 Å². The molecule has 0 bridgehead atoms. The molecule has 1 aliphatic rings. The lowest BCUT2D eigenvalue weighted by molar-refractivity contribution is 0.102. The predicted molar refractivity (Wildman–Crippen MR) is 107 cm³/mol. The van der Waals surface area contributed by atoms with E-state index >= 15 is 0 Å². The molecule has 0 saturated carbocycles. The molecule has 11 heteroatoms. The minimum absolute atomic E-state index is 0.0785. The number of carbonyl (C=O) groups excluding carboxylic acids is 1. The summed E-state index contributed by atoms with van der Waals surface area (Å²) < 4.78 is 67.5. The van der Waals surface area contributed by atoms with Crippen LogP contribution in [0.4, 0.5) is 18.9 Å². The van der Waals surface area contributed by atoms with Gasteiger partial charge in [-0.25, -0.2) is 21.6 Å². The number of anilines is 1. The van der Waals surface area contributed by atoms with Gasteiger partial charge in [-0.05, 0) is 36.9 Å². The fraction of sp³-hybridized carbons (Fsp3) is 0.316. The van der Waals surface area contributed by atoms with Gasteiger partial charge in [-0.15, -0.1) is 0 Å². The van der Waals surface area contributed by atoms with Crippen LogP contribution in [0.2, 0.25) is 5.02 Å². The van der Waals surface area contributed by atoms with Crippen molar-refractivity contribution in [3.8, 4) is 0 Å². The Hall–Kier alpha value is -2.14. The van der Waals surface area contributed by atoms with E-state index < -0.39 is 39.1 Å². The molecule has 0 aliphatic carbocycles. The molecule has 1 fully saturated rings. The molecular formula is C19H19ClF3N3O3S. The molecule has 2 aromatic carbocycles. The predicted octanol–water partition coefficient (Wildman–Crippen LogP) is 3.34. The number of carbonyl (C=O) groups is 1. The third-order valence-electron chi connectivity index (χ3n) is 4.88. The van der Waals surface area contributed by atoms with Gasteiger partial charge in [0.15, 0.2) is 17.5 Å². The summed E-state index contributed by atoms with van der Waals surface area (Å²) in [5, 5.41) is 2.01. The van der Waals surface area contributed by atoms with Crippen molar-refractivity contribution in [1.29, 1.82) is 0 Å². The highest BCUT2D eigenvalue weighted by Gasteiger charge is 2.29. The van der Waals surface area contributed by atoms with Crippen molar-refractivity contribution in [1.82, 2.24) is 9.21 Å². The number of nitrogens with one attached hydrogen (secondary N) is 1. The number of benzene rings is 2. The Balaban J connectivity index is 1.86. The Morgan fingerprint density at radius 1 is 1.07 bits per heavy atom. The molecule has 6 nitrogen and oxygen atoms in total. The Bertz CT molecular complexity index is 1070. The highest BCUT2D eigenvalue weighted by atomic mass is 35.5. The molecule has 1 amide bonds. The molecule has 0 spiro atoms. The van der Waals surface area contributed by atoms with Crippen LogP contribution in [0.3, 0.4) is 0 Å². The first kappa shape index (κ1) is 22.5. The van der Waals surface area contributed by atoms with Gasteiger partial charge in [0, 0.05) is 26.2 Å². The smallest absolute Gasteiger partial charge is 0.257 e. The van der Waals surface area contributed by atoms with Gasteiger partial charge in [0.1, 0.15) is 0 Å². The van der Waals surface area contributed by atoms with Crippen LogP contribution < -0.4 is 5.32 Å². The summed E-state index contributed by atoms with van der Waals surface area (Å²) in [4.78, 5) is 14.5. The minimum Gasteiger partial charge on any atom is -0.319 e. The zero-order valence-electron chi connectivity index (χ0n) is 16.0. The van der Waals surface area contributed by atoms with Crippen molar-refractivity contribution >= 4 is 33.2 Å². The maximum Gasteiger partial charge on any atom is 0.257 e. The number of sulfonamides is 1. The summed E-state index contributed by atoms with van der Waals surface area (Å²) in [6.07, 6.45) is 0. The summed E-state index contributed by atoms with van der Waals surface area (Å²) in [5.74, 6) is -5.67. The first-order chi connectivity index (χ1) is 14.1. The third kappa shape index (κ3) is 4.46. The molecule has 0 atom stereocenters. The summed E-state index contributed by atoms with van der Waals surface area (Å²) >= 11 is 6.02. The second kappa shape index (κ2) is 8.93. The standard InChI is InChI=1S/C19H19ClF3N3O3S/c1-2-25-7-9-26(10-8-25)30(28,29)12-3-4-14(20)13(11-12)19(27)24-16-6-5-15(21)17(22)18(16)23/h3-6,11H,2,7-10H2,1H3,(H,24,27). The largest absolute Gasteiger partial charge is 0.319 e. The van der Waals surface area contributed by atoms with E-state index in [4.69, 9.17) is 11.6 Å². The summed E-state index contributed by atoms with van der Waals surface area (Å²) in [6, 6.07) is 5.11. The Labute approximate surface area is 177 Å². The molecule has 2 aromatic rings. The monoisotopic (exact) mass is 461 g/mol. The van der Waals surface area contributed by atoms with Crippen LogP contribution in [0, 0.1) is 17.5 Å². The fourth-order valence-electron chi connectivity index (χ4n) is 3.09. The van der Waals surface area contributed by atoms with Crippen LogP contribution in [0.15, 0.2) is 35.2 Å². The van der Waals surface area contributed by atoms with Crippen molar-refractivity contribution in [3.05, 3.63) is 58.4 Å². The van der Waals surface area contributed by atoms with E-state index in [1.807, 2.05) is 6.92 Å². The van der Waals surface area contributed by atoms with Gasteiger partial charge in [0.2, 0.25) is 10.0 Å². The van der Waals surface area contributed by atoms with Crippen LogP contribution in [0.5, 0.6) is 0 Å². The minimum atomic E-state index is -3.88. The highest BCUT2D eigenvalue weighted by molar-refractivity contribution is 7.89. The van der Waals surface area contributed by atoms with Crippen molar-refractivity contribution in [3.63, 3.8) is 0 Å². The number of hydrogen-bond donors (Lipinski definition) is 1. The van der Waals surface area contributed by atoms with Crippen LogP contribution >= 0.6 is 11.6 Å². The quantitative estimate of drug-likeness (QED) is 0.693. The van der Waals surface area contributed by atoms with Gasteiger partial charge < -0.3 is 10.2 Å². The lowest BCUT2D eigenvalue weighted by Gasteiger charge is -2.33. The zero-order chi connectivity index (χ0) is 22.1. The van der Waals surface area contributed by atoms with E-state index in [1.165, 1.54) is 16.4 Å². The van der Waals surface area contributed by atoms with Crippen molar-refractivity contribution in [2.24, 2.45) is 0 Å². The van der Waals surface area contributed by atoms with Crippen LogP contribution in [-0.4, -0.2) is 56.3 Å². The third-order valence-corrected chi connectivity index (χ3v) is 7.11. The molecule has 0 radical (unpaired) electrons. The van der Waals surface area contributed by atoms with Crippen molar-refractivity contribution in [2.45, 2.75) is 11.8 Å². The lowest BCUT2D eigenvalue weighted by Crippen LogP contribution is -2.48. The Kier molecular flexibility index (Phi) is 6.71. The molecule has 1 aliphatic heterocycles. The number of halogens is 4. The molecule has 0 aromatic heterocycles. The second-order valence-corrected chi connectivity index (χ2v) is 9.00. The van der Waals surface area contributed by atoms with Crippen LogP contribution in [-0.2, 0) is 10.0 Å². The van der Waals surface area contributed by atoms with E-state index in [0.717, 1.165) is 18.7 Å². The molecule has 30 heavy (non-hydrogen) atoms. The molecule has 1 N–H and O–H groups in total. The molecule has 1 saturated heterocycles. The fourth-order valence-corrected chi connectivity index (χ4v) is 4.74. The first-order valence-corrected chi connectivity index (χ1v) is 10.9. The first-order valence-electron chi connectivity index (χ1n) is 9.12. The second-order valence-electron chi connectivity index (χ2n) is 6.66. The zero-order valence-corrected chi connectivity index (χ0v) is 17.5. The lowest BCUT2D eigenvalue weighted by atomic mass is 10.2. The number of amides is 1. The topological polar surface area (TPSA) is 69.7 Å². The summed E-state index contributed by atoms with van der Waals surface area (Å²) in [7, 11) is -3.88. The van der Waals surface area contributed by atoms with Gasteiger partial charge >= 0.3 is 0 Å². The number of nitrogens with zero attached hydrogens (tertiary/aromatic N) is 2. The van der Waals surface area contributed by atoms with E-state index in [2.05, 4.69) is 10.2 Å². The maximum atomic E-state index is 13.8. The Morgan fingerprint density at radius 3 is 2.37 bits per heavy atom. The van der Waals surface area contributed by atoms with E-state index in [9.17, 15) is 26.4 Å². The van der Waals surface area contributed by atoms with Gasteiger partial charge in [-0.3, -0.25) is 4.79 Å². The molecule has 1 heterocycles. The number of hydrogen-bond acceptors (Lipinski definition) is 4. The van der Waals surface area contributed by atoms with E-state index in [0.29, 0.717) is 32.2 Å². The molecular weight excluding hydrogens is 443 g/mol. The van der Waals surface area contributed by atoms with Crippen LogP contribution in [0.1, 0.15) is 17.3 Å².